The minimum Gasteiger partial charge on any atom is -0.345 e. The van der Waals surface area contributed by atoms with Gasteiger partial charge in [0.15, 0.2) is 5.78 Å². The van der Waals surface area contributed by atoms with E-state index in [2.05, 4.69) is 5.32 Å². The van der Waals surface area contributed by atoms with E-state index < -0.39 is 6.04 Å². The van der Waals surface area contributed by atoms with Crippen LogP contribution in [0.5, 0.6) is 0 Å². The van der Waals surface area contributed by atoms with Crippen LogP contribution in [0.3, 0.4) is 0 Å². The summed E-state index contributed by atoms with van der Waals surface area (Å²) in [5, 5.41) is 2.57. The van der Waals surface area contributed by atoms with Gasteiger partial charge in [-0.05, 0) is 32.7 Å². The zero-order valence-electron chi connectivity index (χ0n) is 8.58. The summed E-state index contributed by atoms with van der Waals surface area (Å²) < 4.78 is 0. The molecule has 0 spiro atoms. The number of amides is 1. The molecule has 0 aliphatic rings. The van der Waals surface area contributed by atoms with Gasteiger partial charge >= 0.3 is 0 Å². The van der Waals surface area contributed by atoms with E-state index in [0.717, 1.165) is 12.8 Å². The van der Waals surface area contributed by atoms with Crippen LogP contribution in [-0.4, -0.2) is 30.8 Å². The topological polar surface area (TPSA) is 98.2 Å². The summed E-state index contributed by atoms with van der Waals surface area (Å²) in [7, 11) is 0. The molecule has 1 unspecified atom stereocenters. The Hall–Kier alpha value is -0.940. The summed E-state index contributed by atoms with van der Waals surface area (Å²) in [6.07, 6.45) is 2.34. The molecule has 1 atom stereocenters. The molecular weight excluding hydrogens is 182 g/mol. The van der Waals surface area contributed by atoms with E-state index in [1.165, 1.54) is 6.92 Å². The van der Waals surface area contributed by atoms with Crippen molar-refractivity contribution >= 4 is 11.7 Å². The number of carbonyl (C=O) groups excluding carboxylic acids is 2. The van der Waals surface area contributed by atoms with Gasteiger partial charge in [0.25, 0.3) is 0 Å². The third kappa shape index (κ3) is 5.66. The van der Waals surface area contributed by atoms with Gasteiger partial charge in [-0.15, -0.1) is 0 Å². The SMILES string of the molecule is CC(=O)C(CCCCN)NC(=O)CN. The fourth-order valence-electron chi connectivity index (χ4n) is 1.12. The Bertz CT molecular complexity index is 194. The molecule has 5 N–H and O–H groups in total. The maximum absolute atomic E-state index is 11.1. The van der Waals surface area contributed by atoms with Gasteiger partial charge in [0, 0.05) is 0 Å². The molecule has 0 aromatic rings. The van der Waals surface area contributed by atoms with Gasteiger partial charge in [-0.1, -0.05) is 0 Å². The Morgan fingerprint density at radius 3 is 2.36 bits per heavy atom. The molecule has 0 aliphatic carbocycles. The standard InChI is InChI=1S/C9H19N3O2/c1-7(13)8(4-2-3-5-10)12-9(14)6-11/h8H,2-6,10-11H2,1H3,(H,12,14). The maximum atomic E-state index is 11.1. The average Bonchev–Trinajstić information content (AvgIpc) is 2.16. The van der Waals surface area contributed by atoms with Crippen LogP contribution in [0.1, 0.15) is 26.2 Å². The van der Waals surface area contributed by atoms with Crippen LogP contribution in [0.2, 0.25) is 0 Å². The first-order valence-electron chi connectivity index (χ1n) is 4.81. The van der Waals surface area contributed by atoms with E-state index in [-0.39, 0.29) is 18.2 Å². The average molecular weight is 201 g/mol. The lowest BCUT2D eigenvalue weighted by Crippen LogP contribution is -2.42. The van der Waals surface area contributed by atoms with Crippen molar-refractivity contribution in [1.29, 1.82) is 0 Å². The summed E-state index contributed by atoms with van der Waals surface area (Å²) in [6.45, 7) is 1.99. The molecule has 0 aromatic heterocycles. The Balaban J connectivity index is 3.90. The highest BCUT2D eigenvalue weighted by Crippen LogP contribution is 2.01. The Morgan fingerprint density at radius 1 is 1.29 bits per heavy atom. The van der Waals surface area contributed by atoms with E-state index >= 15 is 0 Å². The van der Waals surface area contributed by atoms with E-state index in [0.29, 0.717) is 13.0 Å². The first kappa shape index (κ1) is 13.1. The van der Waals surface area contributed by atoms with Crippen molar-refractivity contribution in [3.8, 4) is 0 Å². The predicted molar refractivity (Wildman–Crippen MR) is 54.6 cm³/mol. The van der Waals surface area contributed by atoms with E-state index in [9.17, 15) is 9.59 Å². The third-order valence-electron chi connectivity index (χ3n) is 1.96. The molecule has 0 bridgehead atoms. The van der Waals surface area contributed by atoms with Crippen LogP contribution < -0.4 is 16.8 Å². The van der Waals surface area contributed by atoms with Crippen LogP contribution in [0.4, 0.5) is 0 Å². The van der Waals surface area contributed by atoms with Gasteiger partial charge in [0.1, 0.15) is 0 Å². The number of hydrogen-bond acceptors (Lipinski definition) is 4. The molecule has 0 radical (unpaired) electrons. The van der Waals surface area contributed by atoms with Crippen molar-refractivity contribution in [3.63, 3.8) is 0 Å². The maximum Gasteiger partial charge on any atom is 0.234 e. The van der Waals surface area contributed by atoms with Gasteiger partial charge in [-0.2, -0.15) is 0 Å². The highest BCUT2D eigenvalue weighted by Gasteiger charge is 2.15. The second-order valence-electron chi connectivity index (χ2n) is 3.22. The molecular formula is C9H19N3O2. The van der Waals surface area contributed by atoms with Gasteiger partial charge < -0.3 is 16.8 Å². The number of hydrogen-bond donors (Lipinski definition) is 3. The molecule has 0 rings (SSSR count). The lowest BCUT2D eigenvalue weighted by atomic mass is 10.1. The van der Waals surface area contributed by atoms with Crippen LogP contribution in [0.25, 0.3) is 0 Å². The molecule has 0 fully saturated rings. The summed E-state index contributed by atoms with van der Waals surface area (Å²) in [5.74, 6) is -0.332. The van der Waals surface area contributed by atoms with Crippen molar-refractivity contribution in [2.75, 3.05) is 13.1 Å². The molecule has 0 aliphatic heterocycles. The largest absolute Gasteiger partial charge is 0.345 e. The number of ketones is 1. The highest BCUT2D eigenvalue weighted by atomic mass is 16.2. The first-order chi connectivity index (χ1) is 6.61. The number of nitrogens with two attached hydrogens (primary N) is 2. The number of nitrogens with one attached hydrogen (secondary N) is 1. The van der Waals surface area contributed by atoms with Crippen LogP contribution in [0.15, 0.2) is 0 Å². The van der Waals surface area contributed by atoms with Crippen LogP contribution in [0, 0.1) is 0 Å². The van der Waals surface area contributed by atoms with E-state index in [4.69, 9.17) is 11.5 Å². The van der Waals surface area contributed by atoms with Crippen molar-refractivity contribution in [1.82, 2.24) is 5.32 Å². The molecule has 0 saturated carbocycles. The van der Waals surface area contributed by atoms with Crippen LogP contribution >= 0.6 is 0 Å². The minimum absolute atomic E-state index is 0.0381. The van der Waals surface area contributed by atoms with Crippen LogP contribution in [-0.2, 0) is 9.59 Å². The van der Waals surface area contributed by atoms with Gasteiger partial charge in [-0.25, -0.2) is 0 Å². The molecule has 0 aromatic carbocycles. The van der Waals surface area contributed by atoms with Gasteiger partial charge in [0.05, 0.1) is 12.6 Å². The molecule has 0 saturated heterocycles. The van der Waals surface area contributed by atoms with Gasteiger partial charge in [-0.3, -0.25) is 9.59 Å². The van der Waals surface area contributed by atoms with E-state index in [1.807, 2.05) is 0 Å². The number of unbranched alkanes of at least 4 members (excludes halogenated alkanes) is 1. The number of rotatable bonds is 7. The van der Waals surface area contributed by atoms with E-state index in [1.54, 1.807) is 0 Å². The van der Waals surface area contributed by atoms with Crippen molar-refractivity contribution in [2.45, 2.75) is 32.2 Å². The lowest BCUT2D eigenvalue weighted by molar-refractivity contribution is -0.126. The molecule has 1 amide bonds. The summed E-state index contributed by atoms with van der Waals surface area (Å²) >= 11 is 0. The normalized spacial score (nSPS) is 12.2. The van der Waals surface area contributed by atoms with Crippen molar-refractivity contribution in [3.05, 3.63) is 0 Å². The summed E-state index contributed by atoms with van der Waals surface area (Å²) in [5.41, 5.74) is 10.5. The molecule has 82 valence electrons. The second kappa shape index (κ2) is 7.46. The molecule has 0 heterocycles. The zero-order chi connectivity index (χ0) is 11.0. The summed E-state index contributed by atoms with van der Waals surface area (Å²) in [4.78, 5) is 22.0. The third-order valence-corrected chi connectivity index (χ3v) is 1.96. The Morgan fingerprint density at radius 2 is 1.93 bits per heavy atom. The molecule has 5 heteroatoms. The smallest absolute Gasteiger partial charge is 0.234 e. The highest BCUT2D eigenvalue weighted by molar-refractivity contribution is 5.87. The first-order valence-corrected chi connectivity index (χ1v) is 4.81. The van der Waals surface area contributed by atoms with Gasteiger partial charge in [0.2, 0.25) is 5.91 Å². The fourth-order valence-corrected chi connectivity index (χ4v) is 1.12. The Labute approximate surface area is 84.2 Å². The summed E-state index contributed by atoms with van der Waals surface area (Å²) in [6, 6.07) is -0.405. The lowest BCUT2D eigenvalue weighted by Gasteiger charge is -2.14. The quantitative estimate of drug-likeness (QED) is 0.467. The zero-order valence-corrected chi connectivity index (χ0v) is 8.58. The number of carbonyl (C=O) groups is 2. The van der Waals surface area contributed by atoms with Crippen molar-refractivity contribution in [2.24, 2.45) is 11.5 Å². The van der Waals surface area contributed by atoms with Crippen molar-refractivity contribution < 1.29 is 9.59 Å². The Kier molecular flexibility index (Phi) is 6.96. The number of Topliss-reactive ketones (excluding diaryl/α,β-unsaturated/α-hetero) is 1. The monoisotopic (exact) mass is 201 g/mol. The minimum atomic E-state index is -0.405. The fraction of sp³-hybridized carbons (Fsp3) is 0.778. The predicted octanol–water partition coefficient (Wildman–Crippen LogP) is -0.852. The molecule has 14 heavy (non-hydrogen) atoms. The second-order valence-corrected chi connectivity index (χ2v) is 3.22. The molecule has 5 nitrogen and oxygen atoms in total.